The van der Waals surface area contributed by atoms with Gasteiger partial charge in [0, 0.05) is 30.0 Å². The summed E-state index contributed by atoms with van der Waals surface area (Å²) in [6, 6.07) is 14.8. The molecule has 0 aliphatic carbocycles. The Balaban J connectivity index is 0.00000207. The average Bonchev–Trinajstić information content (AvgIpc) is 3.49. The lowest BCUT2D eigenvalue weighted by atomic mass is 9.90. The maximum atomic E-state index is 13.8. The van der Waals surface area contributed by atoms with E-state index in [0.29, 0.717) is 26.3 Å². The number of aliphatic imine (C=N–C) groups is 1. The van der Waals surface area contributed by atoms with Crippen LogP contribution in [0.1, 0.15) is 82.2 Å². The number of piperidine rings is 1. The molecule has 8 nitrogen and oxygen atoms in total. The number of carbonyl (C=O) groups is 1. The average molecular weight is 606 g/mol. The van der Waals surface area contributed by atoms with Crippen LogP contribution in [0.3, 0.4) is 0 Å². The van der Waals surface area contributed by atoms with E-state index in [-0.39, 0.29) is 5.91 Å². The van der Waals surface area contributed by atoms with E-state index in [9.17, 15) is 4.79 Å². The molecule has 3 aromatic rings. The molecule has 2 aliphatic rings. The lowest BCUT2D eigenvalue weighted by molar-refractivity contribution is -0.132. The Bertz CT molecular complexity index is 1400. The number of hydrogen-bond acceptors (Lipinski definition) is 8. The summed E-state index contributed by atoms with van der Waals surface area (Å²) in [5.41, 5.74) is 4.76. The van der Waals surface area contributed by atoms with E-state index in [1.807, 2.05) is 45.6 Å². The highest BCUT2D eigenvalue weighted by molar-refractivity contribution is 8.00. The van der Waals surface area contributed by atoms with Crippen molar-refractivity contribution in [2.75, 3.05) is 24.4 Å². The number of aryl methyl sites for hydroxylation is 1. The number of amides is 1. The first kappa shape index (κ1) is 32.8. The number of amidine groups is 1. The molecule has 1 fully saturated rings. The fourth-order valence-electron chi connectivity index (χ4n) is 5.50. The van der Waals surface area contributed by atoms with Gasteiger partial charge in [-0.3, -0.25) is 14.7 Å². The number of rotatable bonds is 12. The first-order valence-corrected chi connectivity index (χ1v) is 16.5. The number of anilines is 1. The van der Waals surface area contributed by atoms with Crippen LogP contribution in [0.25, 0.3) is 11.1 Å². The van der Waals surface area contributed by atoms with E-state index < -0.39 is 5.54 Å². The number of carbonyl (C=O) groups excluding carboxylic acids is 1. The predicted octanol–water partition coefficient (Wildman–Crippen LogP) is 7.69. The van der Waals surface area contributed by atoms with Gasteiger partial charge in [-0.2, -0.15) is 0 Å². The van der Waals surface area contributed by atoms with Crippen molar-refractivity contribution in [1.29, 1.82) is 0 Å². The van der Waals surface area contributed by atoms with Crippen molar-refractivity contribution in [1.82, 2.24) is 15.4 Å². The molecule has 1 saturated heterocycles. The van der Waals surface area contributed by atoms with Crippen LogP contribution in [0.4, 0.5) is 5.82 Å². The Morgan fingerprint density at radius 3 is 2.65 bits per heavy atom. The third kappa shape index (κ3) is 7.51. The van der Waals surface area contributed by atoms with Gasteiger partial charge in [0.05, 0.1) is 13.2 Å². The van der Waals surface area contributed by atoms with Gasteiger partial charge in [-0.25, -0.2) is 0 Å². The topological polar surface area (TPSA) is 92.0 Å². The molecule has 1 aromatic heterocycles. The molecule has 1 spiro atoms. The van der Waals surface area contributed by atoms with Crippen molar-refractivity contribution >= 4 is 29.5 Å². The van der Waals surface area contributed by atoms with Gasteiger partial charge in [-0.1, -0.05) is 68.7 Å². The first-order chi connectivity index (χ1) is 21.0. The van der Waals surface area contributed by atoms with Gasteiger partial charge in [0.2, 0.25) is 0 Å². The minimum absolute atomic E-state index is 0.137. The van der Waals surface area contributed by atoms with Crippen LogP contribution in [0.15, 0.2) is 56.9 Å². The van der Waals surface area contributed by atoms with E-state index in [2.05, 4.69) is 58.5 Å². The molecule has 2 aliphatic heterocycles. The van der Waals surface area contributed by atoms with Crippen molar-refractivity contribution in [3.05, 3.63) is 64.9 Å². The van der Waals surface area contributed by atoms with Crippen LogP contribution in [0.2, 0.25) is 0 Å². The van der Waals surface area contributed by atoms with Crippen LogP contribution < -0.4 is 10.0 Å². The Morgan fingerprint density at radius 2 is 1.95 bits per heavy atom. The van der Waals surface area contributed by atoms with Crippen molar-refractivity contribution in [2.45, 2.75) is 97.2 Å². The molecular weight excluding hydrogens is 558 g/mol. The standard InChI is InChI=1S/C32H41N5O3S.C2H6/c1-5-7-13-29-34-32(16-10-17-33-21-32)31(38)37(29)19-24-14-15-26(25(18-24)20-39-6-2)27-11-8-9-12-28(27)41-36-30-22(3)23(4)40-35-30;1-2/h8-9,11-12,14-15,18,33H,5-7,10,13,16-17,19-21H2,1-4H3,(H,35,36);1-2H3. The number of nitrogens with one attached hydrogen (secondary N) is 2. The molecule has 0 saturated carbocycles. The summed E-state index contributed by atoms with van der Waals surface area (Å²) in [6.45, 7) is 15.3. The van der Waals surface area contributed by atoms with Crippen molar-refractivity contribution in [3.63, 3.8) is 0 Å². The second-order valence-corrected chi connectivity index (χ2v) is 11.7. The maximum Gasteiger partial charge on any atom is 0.257 e. The van der Waals surface area contributed by atoms with Crippen LogP contribution >= 0.6 is 11.9 Å². The van der Waals surface area contributed by atoms with E-state index >= 15 is 0 Å². The summed E-state index contributed by atoms with van der Waals surface area (Å²) in [6.07, 6.45) is 4.71. The highest BCUT2D eigenvalue weighted by Crippen LogP contribution is 2.36. The molecule has 9 heteroatoms. The van der Waals surface area contributed by atoms with Gasteiger partial charge in [0.15, 0.2) is 11.4 Å². The minimum atomic E-state index is -0.640. The summed E-state index contributed by atoms with van der Waals surface area (Å²) in [5.74, 6) is 2.61. The monoisotopic (exact) mass is 605 g/mol. The molecule has 0 bridgehead atoms. The molecule has 43 heavy (non-hydrogen) atoms. The zero-order valence-electron chi connectivity index (χ0n) is 26.6. The Kier molecular flexibility index (Phi) is 11.8. The minimum Gasteiger partial charge on any atom is -0.377 e. The molecule has 3 heterocycles. The van der Waals surface area contributed by atoms with Gasteiger partial charge in [-0.05, 0) is 86.8 Å². The normalized spacial score (nSPS) is 18.0. The summed E-state index contributed by atoms with van der Waals surface area (Å²) >= 11 is 1.52. The zero-order valence-corrected chi connectivity index (χ0v) is 27.4. The number of ether oxygens (including phenoxy) is 1. The quantitative estimate of drug-likeness (QED) is 0.205. The number of unbranched alkanes of at least 4 members (excludes halogenated alkanes) is 1. The van der Waals surface area contributed by atoms with Gasteiger partial charge < -0.3 is 19.3 Å². The molecule has 2 aromatic carbocycles. The third-order valence-corrected chi connectivity index (χ3v) is 8.85. The molecule has 5 rings (SSSR count). The predicted molar refractivity (Wildman–Crippen MR) is 176 cm³/mol. The molecule has 2 N–H and O–H groups in total. The second kappa shape index (κ2) is 15.5. The summed E-state index contributed by atoms with van der Waals surface area (Å²) in [5, 5.41) is 7.55. The summed E-state index contributed by atoms with van der Waals surface area (Å²) in [4.78, 5) is 21.9. The SMILES string of the molecule is CC.CCCCC1=NC2(CCCNC2)C(=O)N1Cc1ccc(-c2ccccc2SNc2noc(C)c2C)c(COCC)c1. The van der Waals surface area contributed by atoms with Gasteiger partial charge >= 0.3 is 0 Å². The largest absolute Gasteiger partial charge is 0.377 e. The number of benzene rings is 2. The van der Waals surface area contributed by atoms with E-state index in [1.54, 1.807) is 0 Å². The number of nitrogens with zero attached hydrogens (tertiary/aromatic N) is 3. The molecule has 1 unspecified atom stereocenters. The smallest absolute Gasteiger partial charge is 0.257 e. The Hall–Kier alpha value is -3.14. The van der Waals surface area contributed by atoms with Crippen molar-refractivity contribution in [2.24, 2.45) is 4.99 Å². The molecule has 1 amide bonds. The Morgan fingerprint density at radius 1 is 1.14 bits per heavy atom. The first-order valence-electron chi connectivity index (χ1n) is 15.7. The van der Waals surface area contributed by atoms with Crippen molar-refractivity contribution in [3.8, 4) is 11.1 Å². The van der Waals surface area contributed by atoms with Crippen molar-refractivity contribution < 1.29 is 14.1 Å². The molecular formula is C34H47N5O3S. The highest BCUT2D eigenvalue weighted by Gasteiger charge is 2.48. The zero-order chi connectivity index (χ0) is 30.8. The lowest BCUT2D eigenvalue weighted by Crippen LogP contribution is -2.51. The number of aromatic nitrogens is 1. The van der Waals surface area contributed by atoms with Crippen LogP contribution in [-0.2, 0) is 22.7 Å². The third-order valence-electron chi connectivity index (χ3n) is 7.98. The second-order valence-electron chi connectivity index (χ2n) is 10.9. The fraction of sp³-hybridized carbons (Fsp3) is 0.500. The summed E-state index contributed by atoms with van der Waals surface area (Å²) < 4.78 is 14.6. The van der Waals surface area contributed by atoms with Gasteiger partial charge in [-0.15, -0.1) is 0 Å². The summed E-state index contributed by atoms with van der Waals surface area (Å²) in [7, 11) is 0. The lowest BCUT2D eigenvalue weighted by Gasteiger charge is -2.30. The molecule has 232 valence electrons. The van der Waals surface area contributed by atoms with E-state index in [4.69, 9.17) is 14.3 Å². The number of hydrogen-bond donors (Lipinski definition) is 2. The van der Waals surface area contributed by atoms with Crippen LogP contribution in [0.5, 0.6) is 0 Å². The Labute approximate surface area is 261 Å². The van der Waals surface area contributed by atoms with Crippen LogP contribution in [-0.4, -0.2) is 47.0 Å². The fourth-order valence-corrected chi connectivity index (χ4v) is 6.33. The van der Waals surface area contributed by atoms with Gasteiger partial charge in [0.25, 0.3) is 5.91 Å². The highest BCUT2D eigenvalue weighted by atomic mass is 32.2. The maximum absolute atomic E-state index is 13.8. The van der Waals surface area contributed by atoms with Crippen LogP contribution in [0, 0.1) is 13.8 Å². The molecule has 0 radical (unpaired) electrons. The van der Waals surface area contributed by atoms with E-state index in [0.717, 1.165) is 88.8 Å². The molecule has 1 atom stereocenters. The van der Waals surface area contributed by atoms with E-state index in [1.165, 1.54) is 11.9 Å². The van der Waals surface area contributed by atoms with Gasteiger partial charge in [0.1, 0.15) is 11.6 Å².